The van der Waals surface area contributed by atoms with Gasteiger partial charge >= 0.3 is 0 Å². The number of methoxy groups -OCH3 is 1. The van der Waals surface area contributed by atoms with Gasteiger partial charge in [-0.05, 0) is 30.0 Å². The van der Waals surface area contributed by atoms with Gasteiger partial charge in [0.05, 0.1) is 12.2 Å². The van der Waals surface area contributed by atoms with Crippen LogP contribution >= 0.6 is 12.2 Å². The molecule has 0 saturated carbocycles. The van der Waals surface area contributed by atoms with Crippen molar-refractivity contribution in [1.82, 2.24) is 19.9 Å². The predicted molar refractivity (Wildman–Crippen MR) is 105 cm³/mol. The van der Waals surface area contributed by atoms with Crippen LogP contribution in [0.4, 0.5) is 0 Å². The van der Waals surface area contributed by atoms with Gasteiger partial charge in [0.1, 0.15) is 16.4 Å². The molecule has 27 heavy (non-hydrogen) atoms. The highest BCUT2D eigenvalue weighted by atomic mass is 32.1. The third kappa shape index (κ3) is 3.17. The Morgan fingerprint density at radius 2 is 2.04 bits per heavy atom. The lowest BCUT2D eigenvalue weighted by molar-refractivity contribution is 0.0930. The van der Waals surface area contributed by atoms with Crippen LogP contribution in [0.25, 0.3) is 5.65 Å². The third-order valence-corrected chi connectivity index (χ3v) is 4.94. The lowest BCUT2D eigenvalue weighted by atomic mass is 10.1. The Bertz CT molecular complexity index is 1020. The summed E-state index contributed by atoms with van der Waals surface area (Å²) in [4.78, 5) is 17.4. The number of rotatable bonds is 5. The van der Waals surface area contributed by atoms with E-state index in [2.05, 4.69) is 27.5 Å². The molecule has 0 saturated heterocycles. The van der Waals surface area contributed by atoms with Gasteiger partial charge in [-0.3, -0.25) is 4.79 Å². The van der Waals surface area contributed by atoms with E-state index in [1.54, 1.807) is 19.4 Å². The van der Waals surface area contributed by atoms with E-state index in [0.717, 1.165) is 12.8 Å². The summed E-state index contributed by atoms with van der Waals surface area (Å²) < 4.78 is 6.66. The monoisotopic (exact) mass is 381 g/mol. The third-order valence-electron chi connectivity index (χ3n) is 4.74. The summed E-state index contributed by atoms with van der Waals surface area (Å²) in [5, 5.41) is 7.56. The van der Waals surface area contributed by atoms with Crippen molar-refractivity contribution in [3.8, 4) is 0 Å². The molecule has 0 bridgehead atoms. The maximum absolute atomic E-state index is 12.9. The molecule has 0 unspecified atom stereocenters. The molecular formula is C19H19N5O2S. The van der Waals surface area contributed by atoms with Gasteiger partial charge in [0.25, 0.3) is 5.91 Å². The van der Waals surface area contributed by atoms with Crippen molar-refractivity contribution >= 4 is 28.8 Å². The Kier molecular flexibility index (Phi) is 4.59. The number of benzene rings is 1. The molecule has 3 aromatic rings. The van der Waals surface area contributed by atoms with Crippen LogP contribution in [-0.2, 0) is 24.2 Å². The quantitative estimate of drug-likeness (QED) is 0.649. The molecule has 138 valence electrons. The normalized spacial score (nSPS) is 13.7. The predicted octanol–water partition coefficient (Wildman–Crippen LogP) is 1.41. The maximum Gasteiger partial charge on any atom is 0.270 e. The van der Waals surface area contributed by atoms with Crippen molar-refractivity contribution < 1.29 is 9.53 Å². The SMILES string of the molecule is COCc1nn2c(C(=O)NC3Cc4ccccc4C3)ccnc2c1C(N)=S. The number of aromatic nitrogens is 3. The number of carbonyl (C=O) groups is 1. The van der Waals surface area contributed by atoms with Gasteiger partial charge in [0, 0.05) is 19.3 Å². The molecule has 1 amide bonds. The van der Waals surface area contributed by atoms with E-state index in [1.807, 2.05) is 12.1 Å². The first-order chi connectivity index (χ1) is 13.1. The van der Waals surface area contributed by atoms with Crippen LogP contribution in [0.5, 0.6) is 0 Å². The van der Waals surface area contributed by atoms with Crippen LogP contribution in [0.1, 0.15) is 32.9 Å². The summed E-state index contributed by atoms with van der Waals surface area (Å²) in [6.07, 6.45) is 3.21. The van der Waals surface area contributed by atoms with Gasteiger partial charge in [-0.1, -0.05) is 36.5 Å². The fourth-order valence-electron chi connectivity index (χ4n) is 3.57. The zero-order valence-corrected chi connectivity index (χ0v) is 15.6. The number of nitrogens with one attached hydrogen (secondary N) is 1. The summed E-state index contributed by atoms with van der Waals surface area (Å²) in [7, 11) is 1.56. The van der Waals surface area contributed by atoms with Crippen LogP contribution in [-0.4, -0.2) is 38.6 Å². The second-order valence-corrected chi connectivity index (χ2v) is 6.97. The molecule has 0 radical (unpaired) electrons. The summed E-state index contributed by atoms with van der Waals surface area (Å²) in [5.74, 6) is -0.207. The maximum atomic E-state index is 12.9. The van der Waals surface area contributed by atoms with Gasteiger partial charge in [0.2, 0.25) is 0 Å². The minimum atomic E-state index is -0.207. The summed E-state index contributed by atoms with van der Waals surface area (Å²) >= 11 is 5.14. The topological polar surface area (TPSA) is 94.5 Å². The Morgan fingerprint density at radius 1 is 1.33 bits per heavy atom. The van der Waals surface area contributed by atoms with E-state index < -0.39 is 0 Å². The number of fused-ring (bicyclic) bond motifs is 2. The van der Waals surface area contributed by atoms with E-state index >= 15 is 0 Å². The lowest BCUT2D eigenvalue weighted by Crippen LogP contribution is -2.36. The lowest BCUT2D eigenvalue weighted by Gasteiger charge is -2.12. The van der Waals surface area contributed by atoms with E-state index in [9.17, 15) is 4.79 Å². The van der Waals surface area contributed by atoms with Gasteiger partial charge in [0.15, 0.2) is 5.65 Å². The average Bonchev–Trinajstić information content (AvgIpc) is 3.21. The number of ether oxygens (including phenoxy) is 1. The molecule has 0 spiro atoms. The zero-order valence-electron chi connectivity index (χ0n) is 14.8. The number of hydrogen-bond acceptors (Lipinski definition) is 5. The van der Waals surface area contributed by atoms with Gasteiger partial charge in [-0.15, -0.1) is 0 Å². The molecule has 1 aromatic carbocycles. The Labute approximate surface area is 161 Å². The van der Waals surface area contributed by atoms with E-state index in [1.165, 1.54) is 15.6 Å². The molecular weight excluding hydrogens is 362 g/mol. The largest absolute Gasteiger partial charge is 0.389 e. The number of nitrogens with zero attached hydrogens (tertiary/aromatic N) is 3. The van der Waals surface area contributed by atoms with E-state index in [-0.39, 0.29) is 23.5 Å². The molecule has 1 aliphatic rings. The van der Waals surface area contributed by atoms with Gasteiger partial charge < -0.3 is 15.8 Å². The molecule has 1 aliphatic carbocycles. The van der Waals surface area contributed by atoms with Crippen LogP contribution < -0.4 is 11.1 Å². The van der Waals surface area contributed by atoms with Crippen LogP contribution in [0.3, 0.4) is 0 Å². The summed E-state index contributed by atoms with van der Waals surface area (Å²) in [6.45, 7) is 0.231. The molecule has 2 heterocycles. The van der Waals surface area contributed by atoms with Crippen molar-refractivity contribution in [2.24, 2.45) is 5.73 Å². The molecule has 0 fully saturated rings. The summed E-state index contributed by atoms with van der Waals surface area (Å²) in [5.41, 5.74) is 10.3. The first-order valence-corrected chi connectivity index (χ1v) is 9.02. The average molecular weight is 381 g/mol. The Balaban J connectivity index is 1.65. The van der Waals surface area contributed by atoms with Crippen LogP contribution in [0, 0.1) is 0 Å². The number of thiocarbonyl (C=S) groups is 1. The van der Waals surface area contributed by atoms with Crippen molar-refractivity contribution in [3.05, 3.63) is 64.6 Å². The van der Waals surface area contributed by atoms with Gasteiger partial charge in [-0.2, -0.15) is 5.10 Å². The smallest absolute Gasteiger partial charge is 0.270 e. The first kappa shape index (κ1) is 17.6. The van der Waals surface area contributed by atoms with Crippen molar-refractivity contribution in [2.45, 2.75) is 25.5 Å². The van der Waals surface area contributed by atoms with E-state index in [0.29, 0.717) is 22.6 Å². The van der Waals surface area contributed by atoms with Crippen LogP contribution in [0.2, 0.25) is 0 Å². The summed E-state index contributed by atoms with van der Waals surface area (Å²) in [6, 6.07) is 9.94. The highest BCUT2D eigenvalue weighted by molar-refractivity contribution is 7.80. The highest BCUT2D eigenvalue weighted by Crippen LogP contribution is 2.22. The number of carbonyl (C=O) groups excluding carboxylic acids is 1. The molecule has 2 aromatic heterocycles. The Morgan fingerprint density at radius 3 is 2.67 bits per heavy atom. The second-order valence-electron chi connectivity index (χ2n) is 6.53. The molecule has 8 heteroatoms. The first-order valence-electron chi connectivity index (χ1n) is 8.61. The standard InChI is InChI=1S/C19H19N5O2S/c1-26-10-14-16(17(20)27)18-21-7-6-15(24(18)23-14)19(25)22-13-8-11-4-2-3-5-12(11)9-13/h2-7,13H,8-10H2,1H3,(H2,20,27)(H,22,25). The fraction of sp³-hybridized carbons (Fsp3) is 0.263. The number of nitrogens with two attached hydrogens (primary N) is 1. The fourth-order valence-corrected chi connectivity index (χ4v) is 3.78. The van der Waals surface area contributed by atoms with Gasteiger partial charge in [-0.25, -0.2) is 9.50 Å². The van der Waals surface area contributed by atoms with Crippen molar-refractivity contribution in [2.75, 3.05) is 7.11 Å². The highest BCUT2D eigenvalue weighted by Gasteiger charge is 2.25. The minimum Gasteiger partial charge on any atom is -0.389 e. The Hall–Kier alpha value is -2.84. The van der Waals surface area contributed by atoms with E-state index in [4.69, 9.17) is 22.7 Å². The minimum absolute atomic E-state index is 0.0576. The molecule has 0 atom stereocenters. The zero-order chi connectivity index (χ0) is 19.0. The molecule has 3 N–H and O–H groups in total. The van der Waals surface area contributed by atoms with Crippen LogP contribution in [0.15, 0.2) is 36.5 Å². The second kappa shape index (κ2) is 7.05. The number of hydrogen-bond donors (Lipinski definition) is 2. The molecule has 0 aliphatic heterocycles. The molecule has 7 nitrogen and oxygen atoms in total. The van der Waals surface area contributed by atoms with Crippen molar-refractivity contribution in [1.29, 1.82) is 0 Å². The molecule has 4 rings (SSSR count). The van der Waals surface area contributed by atoms with Crippen molar-refractivity contribution in [3.63, 3.8) is 0 Å². The number of amides is 1.